The maximum Gasteiger partial charge on any atom is 0.325 e. The van der Waals surface area contributed by atoms with Crippen LogP contribution in [0.3, 0.4) is 0 Å². The number of ether oxygens (including phenoxy) is 1. The number of rotatable bonds is 5. The fourth-order valence-electron chi connectivity index (χ4n) is 1.66. The first-order valence-electron chi connectivity index (χ1n) is 6.38. The van der Waals surface area contributed by atoms with Gasteiger partial charge in [-0.25, -0.2) is 0 Å². The summed E-state index contributed by atoms with van der Waals surface area (Å²) in [6.45, 7) is 5.67. The molecule has 0 aliphatic heterocycles. The molecule has 0 unspecified atom stereocenters. The van der Waals surface area contributed by atoms with Crippen molar-refractivity contribution in [2.24, 2.45) is 0 Å². The lowest BCUT2D eigenvalue weighted by Gasteiger charge is -2.26. The van der Waals surface area contributed by atoms with Crippen molar-refractivity contribution in [3.8, 4) is 0 Å². The van der Waals surface area contributed by atoms with Gasteiger partial charge in [-0.15, -0.1) is 0 Å². The van der Waals surface area contributed by atoms with E-state index < -0.39 is 5.97 Å². The smallest absolute Gasteiger partial charge is 0.325 e. The molecule has 20 heavy (non-hydrogen) atoms. The zero-order valence-electron chi connectivity index (χ0n) is 11.9. The van der Waals surface area contributed by atoms with Gasteiger partial charge in [0.15, 0.2) is 0 Å². The van der Waals surface area contributed by atoms with Gasteiger partial charge in [0.05, 0.1) is 6.61 Å². The Morgan fingerprint density at radius 1 is 1.40 bits per heavy atom. The maximum absolute atomic E-state index is 12.4. The van der Waals surface area contributed by atoms with Gasteiger partial charge in [0, 0.05) is 21.8 Å². The van der Waals surface area contributed by atoms with E-state index in [1.165, 1.54) is 4.90 Å². The Bertz CT molecular complexity index is 503. The van der Waals surface area contributed by atoms with Crippen LogP contribution in [0.1, 0.15) is 31.1 Å². The standard InChI is InChI=1S/C14H19BrN2O3/c1-4-20-13(18)8-17(9(2)3)14(19)10-5-6-12(16)11(15)7-10/h5-7,9H,4,8,16H2,1-3H3. The number of nitrogen functional groups attached to an aromatic ring is 1. The Labute approximate surface area is 127 Å². The lowest BCUT2D eigenvalue weighted by Crippen LogP contribution is -2.41. The molecule has 110 valence electrons. The third-order valence-electron chi connectivity index (χ3n) is 2.74. The topological polar surface area (TPSA) is 72.6 Å². The summed E-state index contributed by atoms with van der Waals surface area (Å²) in [6, 6.07) is 4.84. The summed E-state index contributed by atoms with van der Waals surface area (Å²) in [5, 5.41) is 0. The highest BCUT2D eigenvalue weighted by Crippen LogP contribution is 2.21. The molecule has 0 fully saturated rings. The molecule has 0 aromatic heterocycles. The molecule has 2 N–H and O–H groups in total. The third kappa shape index (κ3) is 4.23. The number of amides is 1. The van der Waals surface area contributed by atoms with Crippen molar-refractivity contribution in [2.45, 2.75) is 26.8 Å². The first kappa shape index (κ1) is 16.5. The first-order valence-corrected chi connectivity index (χ1v) is 7.17. The molecule has 0 spiro atoms. The monoisotopic (exact) mass is 342 g/mol. The number of carbonyl (C=O) groups is 2. The minimum absolute atomic E-state index is 0.0632. The first-order chi connectivity index (χ1) is 9.36. The van der Waals surface area contributed by atoms with Crippen LogP contribution in [0.2, 0.25) is 0 Å². The van der Waals surface area contributed by atoms with Crippen LogP contribution in [-0.4, -0.2) is 36.0 Å². The number of halogens is 1. The predicted octanol–water partition coefficient (Wildman–Crippen LogP) is 2.45. The zero-order valence-corrected chi connectivity index (χ0v) is 13.4. The van der Waals surface area contributed by atoms with Gasteiger partial charge < -0.3 is 15.4 Å². The average molecular weight is 343 g/mol. The largest absolute Gasteiger partial charge is 0.465 e. The number of nitrogens with zero attached hydrogens (tertiary/aromatic N) is 1. The molecule has 0 atom stereocenters. The van der Waals surface area contributed by atoms with Gasteiger partial charge >= 0.3 is 5.97 Å². The Morgan fingerprint density at radius 2 is 2.05 bits per heavy atom. The third-order valence-corrected chi connectivity index (χ3v) is 3.42. The Hall–Kier alpha value is -1.56. The predicted molar refractivity (Wildman–Crippen MR) is 81.4 cm³/mol. The molecular weight excluding hydrogens is 324 g/mol. The summed E-state index contributed by atoms with van der Waals surface area (Å²) in [5.74, 6) is -0.641. The molecule has 6 heteroatoms. The minimum Gasteiger partial charge on any atom is -0.465 e. The van der Waals surface area contributed by atoms with Gasteiger partial charge in [-0.2, -0.15) is 0 Å². The van der Waals surface area contributed by atoms with Gasteiger partial charge in [0.2, 0.25) is 0 Å². The zero-order chi connectivity index (χ0) is 15.3. The highest BCUT2D eigenvalue weighted by Gasteiger charge is 2.22. The van der Waals surface area contributed by atoms with Crippen molar-refractivity contribution in [2.75, 3.05) is 18.9 Å². The highest BCUT2D eigenvalue weighted by atomic mass is 79.9. The van der Waals surface area contributed by atoms with Crippen molar-refractivity contribution in [1.82, 2.24) is 4.90 Å². The van der Waals surface area contributed by atoms with Gasteiger partial charge in [-0.3, -0.25) is 9.59 Å². The van der Waals surface area contributed by atoms with Crippen LogP contribution < -0.4 is 5.73 Å². The van der Waals surface area contributed by atoms with Gasteiger partial charge in [-0.05, 0) is 54.9 Å². The van der Waals surface area contributed by atoms with Crippen LogP contribution >= 0.6 is 15.9 Å². The second kappa shape index (κ2) is 7.28. The quantitative estimate of drug-likeness (QED) is 0.658. The number of nitrogens with two attached hydrogens (primary N) is 1. The number of anilines is 1. The van der Waals surface area contributed by atoms with Crippen LogP contribution in [-0.2, 0) is 9.53 Å². The molecule has 0 aliphatic carbocycles. The van der Waals surface area contributed by atoms with Crippen molar-refractivity contribution in [1.29, 1.82) is 0 Å². The second-order valence-electron chi connectivity index (χ2n) is 4.57. The molecule has 5 nitrogen and oxygen atoms in total. The summed E-state index contributed by atoms with van der Waals surface area (Å²) >= 11 is 3.29. The number of hydrogen-bond acceptors (Lipinski definition) is 4. The molecule has 0 aliphatic rings. The lowest BCUT2D eigenvalue weighted by atomic mass is 10.1. The minimum atomic E-state index is -0.413. The van der Waals surface area contributed by atoms with E-state index in [9.17, 15) is 9.59 Å². The van der Waals surface area contributed by atoms with Crippen LogP contribution in [0.25, 0.3) is 0 Å². The molecule has 0 bridgehead atoms. The summed E-state index contributed by atoms with van der Waals surface area (Å²) in [7, 11) is 0. The Morgan fingerprint density at radius 3 is 2.55 bits per heavy atom. The summed E-state index contributed by atoms with van der Waals surface area (Å²) < 4.78 is 5.55. The van der Waals surface area contributed by atoms with Gasteiger partial charge in [-0.1, -0.05) is 0 Å². The van der Waals surface area contributed by atoms with E-state index in [2.05, 4.69) is 15.9 Å². The van der Waals surface area contributed by atoms with E-state index in [-0.39, 0.29) is 18.5 Å². The van der Waals surface area contributed by atoms with E-state index in [1.807, 2.05) is 13.8 Å². The Kier molecular flexibility index (Phi) is 6.01. The molecular formula is C14H19BrN2O3. The van der Waals surface area contributed by atoms with Crippen molar-refractivity contribution in [3.63, 3.8) is 0 Å². The second-order valence-corrected chi connectivity index (χ2v) is 5.42. The van der Waals surface area contributed by atoms with Crippen molar-refractivity contribution < 1.29 is 14.3 Å². The fourth-order valence-corrected chi connectivity index (χ4v) is 2.04. The molecule has 0 radical (unpaired) electrons. The molecule has 0 heterocycles. The molecule has 0 saturated heterocycles. The summed E-state index contributed by atoms with van der Waals surface area (Å²) in [4.78, 5) is 25.5. The molecule has 1 amide bonds. The van der Waals surface area contributed by atoms with Gasteiger partial charge in [0.1, 0.15) is 6.54 Å². The molecule has 1 aromatic rings. The highest BCUT2D eigenvalue weighted by molar-refractivity contribution is 9.10. The number of hydrogen-bond donors (Lipinski definition) is 1. The number of benzene rings is 1. The van der Waals surface area contributed by atoms with Crippen LogP contribution in [0.15, 0.2) is 22.7 Å². The van der Waals surface area contributed by atoms with E-state index in [0.29, 0.717) is 22.3 Å². The average Bonchev–Trinajstić information content (AvgIpc) is 2.38. The van der Waals surface area contributed by atoms with E-state index in [4.69, 9.17) is 10.5 Å². The fraction of sp³-hybridized carbons (Fsp3) is 0.429. The molecule has 1 rings (SSSR count). The van der Waals surface area contributed by atoms with E-state index in [0.717, 1.165) is 0 Å². The van der Waals surface area contributed by atoms with Crippen molar-refractivity contribution >= 4 is 33.5 Å². The van der Waals surface area contributed by atoms with Crippen molar-refractivity contribution in [3.05, 3.63) is 28.2 Å². The van der Waals surface area contributed by atoms with Crippen LogP contribution in [0, 0.1) is 0 Å². The van der Waals surface area contributed by atoms with E-state index >= 15 is 0 Å². The summed E-state index contributed by atoms with van der Waals surface area (Å²) in [6.07, 6.45) is 0. The van der Waals surface area contributed by atoms with Gasteiger partial charge in [0.25, 0.3) is 5.91 Å². The number of esters is 1. The lowest BCUT2D eigenvalue weighted by molar-refractivity contribution is -0.144. The Balaban J connectivity index is 2.93. The van der Waals surface area contributed by atoms with Crippen LogP contribution in [0.4, 0.5) is 5.69 Å². The SMILES string of the molecule is CCOC(=O)CN(C(=O)c1ccc(N)c(Br)c1)C(C)C. The molecule has 0 saturated carbocycles. The summed E-state index contributed by atoms with van der Waals surface area (Å²) in [5.41, 5.74) is 6.73. The van der Waals surface area contributed by atoms with Crippen LogP contribution in [0.5, 0.6) is 0 Å². The molecule has 1 aromatic carbocycles. The number of carbonyl (C=O) groups excluding carboxylic acids is 2. The maximum atomic E-state index is 12.4. The normalized spacial score (nSPS) is 10.4. The van der Waals surface area contributed by atoms with E-state index in [1.54, 1.807) is 25.1 Å².